The molecule has 0 aliphatic rings. The molecule has 6 nitrogen and oxygen atoms in total. The van der Waals surface area contributed by atoms with Crippen LogP contribution in [-0.2, 0) is 14.4 Å². The number of carbonyl (C=O) groups is 3. The van der Waals surface area contributed by atoms with E-state index in [1.54, 1.807) is 30.4 Å². The van der Waals surface area contributed by atoms with E-state index in [0.717, 1.165) is 22.3 Å². The maximum absolute atomic E-state index is 11.6. The molecule has 0 heterocycles. The number of carbonyl (C=O) groups excluding carboxylic acids is 3. The van der Waals surface area contributed by atoms with Gasteiger partial charge in [-0.1, -0.05) is 42.5 Å². The molecule has 0 atom stereocenters. The summed E-state index contributed by atoms with van der Waals surface area (Å²) >= 11 is 0. The number of ether oxygens (including phenoxy) is 3. The van der Waals surface area contributed by atoms with E-state index < -0.39 is 17.9 Å². The first-order valence-electron chi connectivity index (χ1n) is 9.90. The number of hydrogen-bond acceptors (Lipinski definition) is 6. The fourth-order valence-electron chi connectivity index (χ4n) is 2.88. The van der Waals surface area contributed by atoms with Gasteiger partial charge in [-0.2, -0.15) is 0 Å². The SMILES string of the molecule is C=C(C)/C=C/c1c(C)cc(/C=C/c2ccc(OC(C)=O)cc2OC(C)=O)cc1OC(C)=O. The molecule has 0 unspecified atom stereocenters. The summed E-state index contributed by atoms with van der Waals surface area (Å²) in [6.45, 7) is 11.6. The topological polar surface area (TPSA) is 78.9 Å². The zero-order valence-corrected chi connectivity index (χ0v) is 18.9. The molecule has 6 heteroatoms. The van der Waals surface area contributed by atoms with Crippen LogP contribution in [0.4, 0.5) is 0 Å². The molecule has 0 fully saturated rings. The molecule has 32 heavy (non-hydrogen) atoms. The Hall–Kier alpha value is -3.93. The predicted octanol–water partition coefficient (Wildman–Crippen LogP) is 5.53. The molecule has 166 valence electrons. The third-order valence-corrected chi connectivity index (χ3v) is 4.12. The highest BCUT2D eigenvalue weighted by atomic mass is 16.5. The Morgan fingerprint density at radius 1 is 0.781 bits per heavy atom. The molecule has 0 bridgehead atoms. The van der Waals surface area contributed by atoms with Crippen LogP contribution in [0, 0.1) is 6.92 Å². The summed E-state index contributed by atoms with van der Waals surface area (Å²) in [5.41, 5.74) is 3.95. The van der Waals surface area contributed by atoms with Crippen LogP contribution >= 0.6 is 0 Å². The third-order valence-electron chi connectivity index (χ3n) is 4.12. The van der Waals surface area contributed by atoms with Gasteiger partial charge in [-0.25, -0.2) is 0 Å². The summed E-state index contributed by atoms with van der Waals surface area (Å²) in [7, 11) is 0. The van der Waals surface area contributed by atoms with Crippen LogP contribution in [0.25, 0.3) is 18.2 Å². The molecule has 0 aliphatic heterocycles. The van der Waals surface area contributed by atoms with Gasteiger partial charge in [0.2, 0.25) is 0 Å². The average molecular weight is 434 g/mol. The largest absolute Gasteiger partial charge is 0.427 e. The zero-order valence-electron chi connectivity index (χ0n) is 18.9. The molecular weight excluding hydrogens is 408 g/mol. The van der Waals surface area contributed by atoms with Crippen molar-refractivity contribution < 1.29 is 28.6 Å². The molecule has 2 rings (SSSR count). The van der Waals surface area contributed by atoms with E-state index in [1.807, 2.05) is 32.1 Å². The van der Waals surface area contributed by atoms with Crippen LogP contribution in [0.5, 0.6) is 17.2 Å². The maximum Gasteiger partial charge on any atom is 0.308 e. The van der Waals surface area contributed by atoms with E-state index in [2.05, 4.69) is 6.58 Å². The first kappa shape index (κ1) is 24.3. The van der Waals surface area contributed by atoms with E-state index in [0.29, 0.717) is 11.3 Å². The van der Waals surface area contributed by atoms with Gasteiger partial charge < -0.3 is 14.2 Å². The normalized spacial score (nSPS) is 10.9. The smallest absolute Gasteiger partial charge is 0.308 e. The second-order valence-electron chi connectivity index (χ2n) is 7.24. The minimum atomic E-state index is -0.499. The van der Waals surface area contributed by atoms with Crippen molar-refractivity contribution in [1.29, 1.82) is 0 Å². The molecule has 2 aromatic rings. The van der Waals surface area contributed by atoms with Crippen LogP contribution in [0.15, 0.2) is 48.6 Å². The van der Waals surface area contributed by atoms with Crippen LogP contribution in [0.3, 0.4) is 0 Å². The van der Waals surface area contributed by atoms with Gasteiger partial charge >= 0.3 is 17.9 Å². The lowest BCUT2D eigenvalue weighted by molar-refractivity contribution is -0.133. The number of benzene rings is 2. The van der Waals surface area contributed by atoms with Crippen molar-refractivity contribution in [3.8, 4) is 17.2 Å². The van der Waals surface area contributed by atoms with E-state index in [9.17, 15) is 14.4 Å². The van der Waals surface area contributed by atoms with Crippen LogP contribution in [0.1, 0.15) is 49.9 Å². The zero-order chi connectivity index (χ0) is 23.8. The summed E-state index contributed by atoms with van der Waals surface area (Å²) in [5.74, 6) is -0.440. The number of allylic oxidation sites excluding steroid dienone is 2. The molecule has 0 N–H and O–H groups in total. The van der Waals surface area contributed by atoms with Crippen LogP contribution in [-0.4, -0.2) is 17.9 Å². The monoisotopic (exact) mass is 434 g/mol. The minimum absolute atomic E-state index is 0.255. The Kier molecular flexibility index (Phi) is 8.30. The molecule has 0 aromatic heterocycles. The number of rotatable bonds is 7. The summed E-state index contributed by atoms with van der Waals surface area (Å²) in [5, 5.41) is 0. The standard InChI is InChI=1S/C26H26O6/c1-16(2)7-12-24-17(3)13-21(14-26(24)32-20(6)29)8-9-22-10-11-23(30-18(4)27)15-25(22)31-19(5)28/h7-15H,1H2,2-6H3/b9-8+,12-7+. The van der Waals surface area contributed by atoms with Gasteiger partial charge in [0.25, 0.3) is 0 Å². The molecular formula is C26H26O6. The molecule has 0 spiro atoms. The fraction of sp³-hybridized carbons (Fsp3) is 0.192. The van der Waals surface area contributed by atoms with E-state index >= 15 is 0 Å². The number of aryl methyl sites for hydroxylation is 1. The Labute approximate surface area is 187 Å². The Morgan fingerprint density at radius 3 is 2.00 bits per heavy atom. The molecule has 0 aliphatic carbocycles. The van der Waals surface area contributed by atoms with E-state index in [1.165, 1.54) is 26.8 Å². The lowest BCUT2D eigenvalue weighted by atomic mass is 10.0. The van der Waals surface area contributed by atoms with Crippen LogP contribution < -0.4 is 14.2 Å². The van der Waals surface area contributed by atoms with Crippen LogP contribution in [0.2, 0.25) is 0 Å². The molecule has 0 radical (unpaired) electrons. The fourth-order valence-corrected chi connectivity index (χ4v) is 2.88. The first-order valence-corrected chi connectivity index (χ1v) is 9.90. The van der Waals surface area contributed by atoms with Crippen molar-refractivity contribution in [3.05, 3.63) is 70.8 Å². The lowest BCUT2D eigenvalue weighted by Crippen LogP contribution is -2.05. The Bertz CT molecular complexity index is 1120. The second kappa shape index (κ2) is 10.9. The van der Waals surface area contributed by atoms with Gasteiger partial charge in [0.15, 0.2) is 0 Å². The predicted molar refractivity (Wildman–Crippen MR) is 124 cm³/mol. The van der Waals surface area contributed by atoms with Gasteiger partial charge in [0.1, 0.15) is 17.2 Å². The third kappa shape index (κ3) is 7.40. The van der Waals surface area contributed by atoms with E-state index in [-0.39, 0.29) is 11.5 Å². The van der Waals surface area contributed by atoms with E-state index in [4.69, 9.17) is 14.2 Å². The van der Waals surface area contributed by atoms with Gasteiger partial charge in [0.05, 0.1) is 0 Å². The average Bonchev–Trinajstić information content (AvgIpc) is 2.65. The summed E-state index contributed by atoms with van der Waals surface area (Å²) < 4.78 is 15.7. The quantitative estimate of drug-likeness (QED) is 0.247. The van der Waals surface area contributed by atoms with Crippen molar-refractivity contribution in [2.45, 2.75) is 34.6 Å². The lowest BCUT2D eigenvalue weighted by Gasteiger charge is -2.11. The summed E-state index contributed by atoms with van der Waals surface area (Å²) in [6, 6.07) is 8.46. The maximum atomic E-state index is 11.6. The van der Waals surface area contributed by atoms with Gasteiger partial charge in [-0.15, -0.1) is 0 Å². The Morgan fingerprint density at radius 2 is 1.41 bits per heavy atom. The summed E-state index contributed by atoms with van der Waals surface area (Å²) in [4.78, 5) is 34.3. The highest BCUT2D eigenvalue weighted by Crippen LogP contribution is 2.30. The minimum Gasteiger partial charge on any atom is -0.427 e. The van der Waals surface area contributed by atoms with Gasteiger partial charge in [-0.05, 0) is 43.2 Å². The molecule has 2 aromatic carbocycles. The van der Waals surface area contributed by atoms with Gasteiger partial charge in [-0.3, -0.25) is 14.4 Å². The highest BCUT2D eigenvalue weighted by Gasteiger charge is 2.11. The number of hydrogen-bond donors (Lipinski definition) is 0. The van der Waals surface area contributed by atoms with Crippen molar-refractivity contribution in [2.24, 2.45) is 0 Å². The molecule has 0 saturated carbocycles. The first-order chi connectivity index (χ1) is 15.0. The second-order valence-corrected chi connectivity index (χ2v) is 7.24. The van der Waals surface area contributed by atoms with Gasteiger partial charge in [0, 0.05) is 38.0 Å². The number of esters is 3. The Balaban J connectivity index is 2.46. The highest BCUT2D eigenvalue weighted by molar-refractivity contribution is 5.80. The van der Waals surface area contributed by atoms with Crippen molar-refractivity contribution >= 4 is 36.1 Å². The van der Waals surface area contributed by atoms with Crippen molar-refractivity contribution in [2.75, 3.05) is 0 Å². The van der Waals surface area contributed by atoms with Crippen molar-refractivity contribution in [3.63, 3.8) is 0 Å². The molecule has 0 saturated heterocycles. The summed E-state index contributed by atoms with van der Waals surface area (Å²) in [6.07, 6.45) is 7.27. The molecule has 0 amide bonds. The van der Waals surface area contributed by atoms with Crippen molar-refractivity contribution in [1.82, 2.24) is 0 Å².